The predicted octanol–water partition coefficient (Wildman–Crippen LogP) is 0.598. The number of nitrogens with one attached hydrogen (secondary N) is 2. The average molecular weight is 261 g/mol. The van der Waals surface area contributed by atoms with Gasteiger partial charge >= 0.3 is 12.1 Å². The van der Waals surface area contributed by atoms with Gasteiger partial charge < -0.3 is 15.6 Å². The van der Waals surface area contributed by atoms with Gasteiger partial charge in [0.15, 0.2) is 0 Å². The van der Waals surface area contributed by atoms with Crippen molar-refractivity contribution in [2.24, 2.45) is 5.73 Å². The molecule has 0 aliphatic carbocycles. The van der Waals surface area contributed by atoms with Crippen molar-refractivity contribution < 1.29 is 19.4 Å². The third-order valence-corrected chi connectivity index (χ3v) is 1.97. The monoisotopic (exact) mass is 261 g/mol. The molecule has 7 heteroatoms. The summed E-state index contributed by atoms with van der Waals surface area (Å²) in [5.41, 5.74) is 9.90. The number of carbonyl (C=O) groups excluding carboxylic acids is 1. The number of carboxylic acids is 1. The van der Waals surface area contributed by atoms with E-state index in [1.54, 1.807) is 20.8 Å². The molecule has 0 aromatic carbocycles. The number of aliphatic carboxylic acids is 1. The van der Waals surface area contributed by atoms with Crippen LogP contribution in [0.4, 0.5) is 4.79 Å². The van der Waals surface area contributed by atoms with Gasteiger partial charge in [0.05, 0.1) is 0 Å². The summed E-state index contributed by atoms with van der Waals surface area (Å²) in [6.07, 6.45) is 1.28. The zero-order valence-electron chi connectivity index (χ0n) is 11.2. The number of ether oxygens (including phenoxy) is 1. The summed E-state index contributed by atoms with van der Waals surface area (Å²) in [5.74, 6) is -0.991. The second-order valence-corrected chi connectivity index (χ2v) is 4.99. The molecule has 0 spiro atoms. The molecule has 0 fully saturated rings. The molecule has 0 aliphatic heterocycles. The number of hydrogen-bond acceptors (Lipinski definition) is 5. The van der Waals surface area contributed by atoms with Gasteiger partial charge in [0.2, 0.25) is 0 Å². The van der Waals surface area contributed by atoms with Crippen molar-refractivity contribution >= 4 is 12.1 Å². The topological polar surface area (TPSA) is 114 Å². The van der Waals surface area contributed by atoms with Crippen LogP contribution >= 0.6 is 0 Å². The summed E-state index contributed by atoms with van der Waals surface area (Å²) in [4.78, 5) is 21.6. The number of unbranched alkanes of at least 4 members (excludes halogenated alkanes) is 1. The summed E-state index contributed by atoms with van der Waals surface area (Å²) < 4.78 is 5.00. The van der Waals surface area contributed by atoms with E-state index in [0.717, 1.165) is 6.42 Å². The molecule has 7 nitrogen and oxygen atoms in total. The Morgan fingerprint density at radius 2 is 1.94 bits per heavy atom. The van der Waals surface area contributed by atoms with Gasteiger partial charge in [-0.2, -0.15) is 0 Å². The molecule has 18 heavy (non-hydrogen) atoms. The molecule has 0 aliphatic rings. The minimum absolute atomic E-state index is 0.420. The van der Waals surface area contributed by atoms with E-state index in [9.17, 15) is 9.59 Å². The Bertz CT molecular complexity index is 276. The fourth-order valence-electron chi connectivity index (χ4n) is 1.14. The summed E-state index contributed by atoms with van der Waals surface area (Å²) in [6.45, 7) is 5.87. The lowest BCUT2D eigenvalue weighted by Gasteiger charge is -2.19. The first-order valence-corrected chi connectivity index (χ1v) is 5.92. The average Bonchev–Trinajstić information content (AvgIpc) is 2.19. The maximum atomic E-state index is 11.2. The van der Waals surface area contributed by atoms with Gasteiger partial charge in [0, 0.05) is 6.54 Å². The van der Waals surface area contributed by atoms with Crippen LogP contribution in [0.3, 0.4) is 0 Å². The van der Waals surface area contributed by atoms with Gasteiger partial charge in [-0.25, -0.2) is 10.2 Å². The summed E-state index contributed by atoms with van der Waals surface area (Å²) in [7, 11) is 0. The van der Waals surface area contributed by atoms with Gasteiger partial charge in [-0.15, -0.1) is 0 Å². The molecule has 1 amide bonds. The standard InChI is InChI=1S/C11H23N3O4/c1-11(2,3)18-10(17)14-13-7-5-4-6-8(12)9(15)16/h8,13H,4-7,12H2,1-3H3,(H,14,17)(H,15,16)/t8-/m0/s1. The highest BCUT2D eigenvalue weighted by atomic mass is 16.6. The lowest BCUT2D eigenvalue weighted by atomic mass is 10.1. The van der Waals surface area contributed by atoms with Crippen LogP contribution in [0, 0.1) is 0 Å². The minimum Gasteiger partial charge on any atom is -0.480 e. The van der Waals surface area contributed by atoms with Crippen LogP contribution in [0.25, 0.3) is 0 Å². The van der Waals surface area contributed by atoms with Crippen LogP contribution in [0.1, 0.15) is 40.0 Å². The maximum Gasteiger partial charge on any atom is 0.422 e. The number of amides is 1. The first-order chi connectivity index (χ1) is 8.22. The highest BCUT2D eigenvalue weighted by molar-refractivity contribution is 5.72. The Hall–Kier alpha value is -1.34. The van der Waals surface area contributed by atoms with Crippen LogP contribution in [0.2, 0.25) is 0 Å². The van der Waals surface area contributed by atoms with E-state index in [1.807, 2.05) is 0 Å². The van der Waals surface area contributed by atoms with Gasteiger partial charge in [-0.1, -0.05) is 0 Å². The van der Waals surface area contributed by atoms with E-state index in [4.69, 9.17) is 15.6 Å². The number of hydrogen-bond donors (Lipinski definition) is 4. The van der Waals surface area contributed by atoms with E-state index in [1.165, 1.54) is 0 Å². The van der Waals surface area contributed by atoms with E-state index in [2.05, 4.69) is 10.9 Å². The molecular weight excluding hydrogens is 238 g/mol. The Labute approximate surface area is 107 Å². The summed E-state index contributed by atoms with van der Waals surface area (Å²) >= 11 is 0. The first-order valence-electron chi connectivity index (χ1n) is 5.92. The Morgan fingerprint density at radius 3 is 2.44 bits per heavy atom. The number of carboxylic acid groups (broad SMARTS) is 1. The van der Waals surface area contributed by atoms with Crippen molar-refractivity contribution in [3.05, 3.63) is 0 Å². The second-order valence-electron chi connectivity index (χ2n) is 4.99. The number of rotatable bonds is 7. The molecule has 0 aromatic heterocycles. The fraction of sp³-hybridized carbons (Fsp3) is 0.818. The van der Waals surface area contributed by atoms with Crippen molar-refractivity contribution in [2.75, 3.05) is 6.54 Å². The Morgan fingerprint density at radius 1 is 1.33 bits per heavy atom. The van der Waals surface area contributed by atoms with Crippen LogP contribution in [-0.2, 0) is 9.53 Å². The van der Waals surface area contributed by atoms with E-state index < -0.39 is 23.7 Å². The molecule has 0 bridgehead atoms. The van der Waals surface area contributed by atoms with Crippen molar-refractivity contribution in [1.82, 2.24) is 10.9 Å². The lowest BCUT2D eigenvalue weighted by Crippen LogP contribution is -2.41. The molecule has 5 N–H and O–H groups in total. The van der Waals surface area contributed by atoms with Gasteiger partial charge in [0.1, 0.15) is 11.6 Å². The summed E-state index contributed by atoms with van der Waals surface area (Å²) in [6, 6.07) is -0.816. The highest BCUT2D eigenvalue weighted by Gasteiger charge is 2.15. The van der Waals surface area contributed by atoms with E-state index in [0.29, 0.717) is 19.4 Å². The summed E-state index contributed by atoms with van der Waals surface area (Å²) in [5, 5.41) is 8.55. The van der Waals surface area contributed by atoms with E-state index >= 15 is 0 Å². The van der Waals surface area contributed by atoms with Gasteiger partial charge in [0.25, 0.3) is 0 Å². The Balaban J connectivity index is 3.46. The zero-order valence-corrected chi connectivity index (χ0v) is 11.2. The Kier molecular flexibility index (Phi) is 7.30. The molecule has 106 valence electrons. The smallest absolute Gasteiger partial charge is 0.422 e. The minimum atomic E-state index is -0.991. The quantitative estimate of drug-likeness (QED) is 0.394. The largest absolute Gasteiger partial charge is 0.480 e. The second kappa shape index (κ2) is 7.88. The van der Waals surface area contributed by atoms with Gasteiger partial charge in [-0.3, -0.25) is 10.2 Å². The molecular formula is C11H23N3O4. The predicted molar refractivity (Wildman–Crippen MR) is 66.8 cm³/mol. The molecule has 0 unspecified atom stereocenters. The zero-order chi connectivity index (χ0) is 14.2. The van der Waals surface area contributed by atoms with Crippen molar-refractivity contribution in [3.63, 3.8) is 0 Å². The van der Waals surface area contributed by atoms with Crippen molar-refractivity contribution in [1.29, 1.82) is 0 Å². The van der Waals surface area contributed by atoms with Crippen LogP contribution in [0.5, 0.6) is 0 Å². The third kappa shape index (κ3) is 9.86. The molecule has 0 rings (SSSR count). The molecule has 0 saturated carbocycles. The van der Waals surface area contributed by atoms with Crippen molar-refractivity contribution in [3.8, 4) is 0 Å². The normalized spacial score (nSPS) is 12.9. The maximum absolute atomic E-state index is 11.2. The van der Waals surface area contributed by atoms with Crippen molar-refractivity contribution in [2.45, 2.75) is 51.7 Å². The van der Waals surface area contributed by atoms with E-state index in [-0.39, 0.29) is 0 Å². The molecule has 1 atom stereocenters. The van der Waals surface area contributed by atoms with Crippen LogP contribution < -0.4 is 16.6 Å². The number of nitrogens with two attached hydrogens (primary N) is 1. The highest BCUT2D eigenvalue weighted by Crippen LogP contribution is 2.05. The van der Waals surface area contributed by atoms with Gasteiger partial charge in [-0.05, 0) is 40.0 Å². The fourth-order valence-corrected chi connectivity index (χ4v) is 1.14. The first kappa shape index (κ1) is 16.7. The lowest BCUT2D eigenvalue weighted by molar-refractivity contribution is -0.138. The molecule has 0 aromatic rings. The molecule has 0 radical (unpaired) electrons. The molecule has 0 heterocycles. The number of hydrazine groups is 1. The van der Waals surface area contributed by atoms with Crippen LogP contribution in [-0.4, -0.2) is 35.4 Å². The third-order valence-electron chi connectivity index (χ3n) is 1.97. The SMILES string of the molecule is CC(C)(C)OC(=O)NNCCCC[C@H](N)C(=O)O. The molecule has 0 saturated heterocycles. The van der Waals surface area contributed by atoms with Crippen LogP contribution in [0.15, 0.2) is 0 Å². The number of carbonyl (C=O) groups is 2.